The second kappa shape index (κ2) is 6.17. The third-order valence-corrected chi connectivity index (χ3v) is 5.26. The van der Waals surface area contributed by atoms with Crippen LogP contribution in [0, 0.1) is 0 Å². The van der Waals surface area contributed by atoms with Crippen molar-refractivity contribution < 1.29 is 9.47 Å². The second-order valence-electron chi connectivity index (χ2n) is 5.67. The molecular weight excluding hydrogens is 320 g/mol. The van der Waals surface area contributed by atoms with Crippen molar-refractivity contribution in [2.24, 2.45) is 0 Å². The Morgan fingerprint density at radius 2 is 1.71 bits per heavy atom. The Balaban J connectivity index is 1.63. The molecule has 0 bridgehead atoms. The van der Waals surface area contributed by atoms with Crippen molar-refractivity contribution in [3.63, 3.8) is 0 Å². The Labute approximate surface area is 145 Å². The molecule has 0 atom stereocenters. The predicted molar refractivity (Wildman–Crippen MR) is 97.8 cm³/mol. The molecule has 5 heteroatoms. The fourth-order valence-electron chi connectivity index (χ4n) is 2.97. The number of fused-ring (bicyclic) bond motifs is 3. The van der Waals surface area contributed by atoms with Gasteiger partial charge in [-0.3, -0.25) is 0 Å². The zero-order valence-corrected chi connectivity index (χ0v) is 14.4. The highest BCUT2D eigenvalue weighted by Gasteiger charge is 2.21. The number of rotatable bonds is 4. The van der Waals surface area contributed by atoms with E-state index in [1.165, 1.54) is 16.0 Å². The number of nitrogens with zero attached hydrogens (tertiary/aromatic N) is 1. The lowest BCUT2D eigenvalue weighted by Gasteiger charge is -2.15. The minimum Gasteiger partial charge on any atom is -0.497 e. The number of methoxy groups -OCH3 is 2. The van der Waals surface area contributed by atoms with Gasteiger partial charge in [-0.1, -0.05) is 0 Å². The molecule has 0 radical (unpaired) electrons. The minimum absolute atomic E-state index is 0.849. The molecule has 0 saturated heterocycles. The van der Waals surface area contributed by atoms with Crippen LogP contribution in [0.25, 0.3) is 11.3 Å². The minimum atomic E-state index is 0.849. The van der Waals surface area contributed by atoms with Gasteiger partial charge in [-0.15, -0.1) is 11.3 Å². The number of aryl methyl sites for hydroxylation is 2. The number of ether oxygens (including phenoxy) is 2. The first kappa shape index (κ1) is 15.0. The van der Waals surface area contributed by atoms with E-state index in [-0.39, 0.29) is 0 Å². The molecule has 0 unspecified atom stereocenters. The molecule has 4 nitrogen and oxygen atoms in total. The van der Waals surface area contributed by atoms with Crippen LogP contribution in [0.1, 0.15) is 10.4 Å². The molecule has 1 aliphatic rings. The summed E-state index contributed by atoms with van der Waals surface area (Å²) in [7, 11) is 3.37. The van der Waals surface area contributed by atoms with E-state index in [0.717, 1.165) is 40.9 Å². The molecule has 0 spiro atoms. The van der Waals surface area contributed by atoms with E-state index < -0.39 is 0 Å². The van der Waals surface area contributed by atoms with Crippen molar-refractivity contribution >= 4 is 22.2 Å². The van der Waals surface area contributed by atoms with Crippen molar-refractivity contribution in [1.29, 1.82) is 0 Å². The van der Waals surface area contributed by atoms with Crippen LogP contribution in [0.2, 0.25) is 0 Å². The first-order chi connectivity index (χ1) is 11.8. The summed E-state index contributed by atoms with van der Waals surface area (Å²) in [5.74, 6) is 1.76. The van der Waals surface area contributed by atoms with Gasteiger partial charge in [0.25, 0.3) is 0 Å². The zero-order chi connectivity index (χ0) is 16.5. The van der Waals surface area contributed by atoms with Crippen LogP contribution in [-0.4, -0.2) is 19.2 Å². The Hall–Kier alpha value is -2.53. The largest absolute Gasteiger partial charge is 0.497 e. The monoisotopic (exact) mass is 338 g/mol. The van der Waals surface area contributed by atoms with Gasteiger partial charge in [-0.05, 0) is 60.9 Å². The van der Waals surface area contributed by atoms with Crippen LogP contribution in [0.5, 0.6) is 11.5 Å². The molecule has 1 aromatic heterocycles. The zero-order valence-electron chi connectivity index (χ0n) is 13.6. The number of aromatic nitrogens is 1. The lowest BCUT2D eigenvalue weighted by molar-refractivity contribution is 0.414. The quantitative estimate of drug-likeness (QED) is 0.751. The summed E-state index contributed by atoms with van der Waals surface area (Å²) < 4.78 is 10.5. The Morgan fingerprint density at radius 1 is 0.958 bits per heavy atom. The second-order valence-corrected chi connectivity index (χ2v) is 6.75. The van der Waals surface area contributed by atoms with Gasteiger partial charge < -0.3 is 14.8 Å². The summed E-state index contributed by atoms with van der Waals surface area (Å²) in [6.45, 7) is 0. The molecule has 0 saturated carbocycles. The highest BCUT2D eigenvalue weighted by Crippen LogP contribution is 2.40. The van der Waals surface area contributed by atoms with Crippen LogP contribution < -0.4 is 14.8 Å². The van der Waals surface area contributed by atoms with E-state index in [9.17, 15) is 0 Å². The lowest BCUT2D eigenvalue weighted by atomic mass is 9.93. The summed E-state index contributed by atoms with van der Waals surface area (Å²) in [4.78, 5) is 6.16. The lowest BCUT2D eigenvalue weighted by Crippen LogP contribution is -2.02. The first-order valence-corrected chi connectivity index (χ1v) is 8.66. The maximum absolute atomic E-state index is 5.33. The highest BCUT2D eigenvalue weighted by atomic mass is 32.1. The van der Waals surface area contributed by atoms with E-state index >= 15 is 0 Å². The van der Waals surface area contributed by atoms with Crippen molar-refractivity contribution in [2.75, 3.05) is 19.5 Å². The fraction of sp³-hybridized carbons (Fsp3) is 0.211. The third kappa shape index (κ3) is 2.71. The Morgan fingerprint density at radius 3 is 2.46 bits per heavy atom. The Bertz CT molecular complexity index is 872. The molecule has 122 valence electrons. The van der Waals surface area contributed by atoms with Crippen molar-refractivity contribution in [3.8, 4) is 22.8 Å². The normalized spacial score (nSPS) is 12.2. The van der Waals surface area contributed by atoms with Crippen LogP contribution in [0.15, 0.2) is 42.5 Å². The summed E-state index contributed by atoms with van der Waals surface area (Å²) in [6.07, 6.45) is 2.06. The number of benzene rings is 2. The molecular formula is C19H18N2O2S. The van der Waals surface area contributed by atoms with Crippen LogP contribution in [0.3, 0.4) is 0 Å². The number of hydrogen-bond acceptors (Lipinski definition) is 5. The number of anilines is 2. The maximum Gasteiger partial charge on any atom is 0.187 e. The van der Waals surface area contributed by atoms with E-state index in [1.54, 1.807) is 25.6 Å². The molecule has 4 rings (SSSR count). The van der Waals surface area contributed by atoms with Crippen LogP contribution in [-0.2, 0) is 12.8 Å². The molecule has 2 aromatic carbocycles. The summed E-state index contributed by atoms with van der Waals surface area (Å²) >= 11 is 1.73. The molecule has 0 fully saturated rings. The first-order valence-electron chi connectivity index (χ1n) is 7.85. The van der Waals surface area contributed by atoms with Crippen molar-refractivity contribution in [2.45, 2.75) is 12.8 Å². The van der Waals surface area contributed by atoms with E-state index in [2.05, 4.69) is 17.4 Å². The standard InChI is InChI=1S/C19H18N2O2S/c1-22-14-6-4-13(5-7-14)20-19-21-18-16-9-8-15(23-2)11-12(16)3-10-17(18)24-19/h4-9,11H,3,10H2,1-2H3,(H,20,21). The molecule has 1 aliphatic carbocycles. The van der Waals surface area contributed by atoms with Gasteiger partial charge in [0.2, 0.25) is 0 Å². The van der Waals surface area contributed by atoms with E-state index in [1.807, 2.05) is 30.3 Å². The Kier molecular flexibility index (Phi) is 3.86. The molecule has 0 aliphatic heterocycles. The molecule has 1 heterocycles. The summed E-state index contributed by atoms with van der Waals surface area (Å²) in [5, 5.41) is 4.32. The number of hydrogen-bond donors (Lipinski definition) is 1. The third-order valence-electron chi connectivity index (χ3n) is 4.23. The van der Waals surface area contributed by atoms with Gasteiger partial charge in [0.1, 0.15) is 11.5 Å². The number of nitrogens with one attached hydrogen (secondary N) is 1. The van der Waals surface area contributed by atoms with E-state index in [0.29, 0.717) is 0 Å². The van der Waals surface area contributed by atoms with Gasteiger partial charge in [0.15, 0.2) is 5.13 Å². The van der Waals surface area contributed by atoms with Crippen LogP contribution in [0.4, 0.5) is 10.8 Å². The number of thiazole rings is 1. The van der Waals surface area contributed by atoms with Crippen molar-refractivity contribution in [1.82, 2.24) is 4.98 Å². The van der Waals surface area contributed by atoms with Gasteiger partial charge in [-0.25, -0.2) is 4.98 Å². The maximum atomic E-state index is 5.33. The van der Waals surface area contributed by atoms with Crippen molar-refractivity contribution in [3.05, 3.63) is 52.9 Å². The summed E-state index contributed by atoms with van der Waals surface area (Å²) in [5.41, 5.74) is 4.64. The average molecular weight is 338 g/mol. The fourth-order valence-corrected chi connectivity index (χ4v) is 3.96. The van der Waals surface area contributed by atoms with Gasteiger partial charge in [0.05, 0.1) is 19.9 Å². The smallest absolute Gasteiger partial charge is 0.187 e. The molecule has 0 amide bonds. The molecule has 24 heavy (non-hydrogen) atoms. The molecule has 1 N–H and O–H groups in total. The topological polar surface area (TPSA) is 43.4 Å². The molecule has 3 aromatic rings. The van der Waals surface area contributed by atoms with Gasteiger partial charge >= 0.3 is 0 Å². The van der Waals surface area contributed by atoms with E-state index in [4.69, 9.17) is 14.5 Å². The summed E-state index contributed by atoms with van der Waals surface area (Å²) in [6, 6.07) is 14.1. The van der Waals surface area contributed by atoms with Gasteiger partial charge in [0, 0.05) is 16.1 Å². The SMILES string of the molecule is COc1ccc(Nc2nc3c(s2)CCc2cc(OC)ccc2-3)cc1. The van der Waals surface area contributed by atoms with Gasteiger partial charge in [-0.2, -0.15) is 0 Å². The highest BCUT2D eigenvalue weighted by molar-refractivity contribution is 7.16. The van der Waals surface area contributed by atoms with Crippen LogP contribution >= 0.6 is 11.3 Å². The average Bonchev–Trinajstić information content (AvgIpc) is 3.04. The predicted octanol–water partition coefficient (Wildman–Crippen LogP) is 4.67.